The van der Waals surface area contributed by atoms with E-state index in [1.165, 1.54) is 82.4 Å². The van der Waals surface area contributed by atoms with Crippen LogP contribution in [0.3, 0.4) is 0 Å². The number of Topliss-reactive ketones (excluding diaryl/α,β-unsaturated/α-hetero) is 2. The van der Waals surface area contributed by atoms with E-state index in [4.69, 9.17) is 10.5 Å². The number of hydrogen-bond donors (Lipinski definition) is 0. The quantitative estimate of drug-likeness (QED) is 0.0492. The summed E-state index contributed by atoms with van der Waals surface area (Å²) in [6, 6.07) is 18.7. The van der Waals surface area contributed by atoms with Gasteiger partial charge in [0.1, 0.15) is 11.8 Å². The molecule has 0 atom stereocenters. The van der Waals surface area contributed by atoms with E-state index in [0.717, 1.165) is 0 Å². The van der Waals surface area contributed by atoms with E-state index in [1.807, 2.05) is 25.7 Å². The molecule has 2 heterocycles. The molecule has 376 valence electrons. The number of nitriles is 2. The zero-order chi connectivity index (χ0) is 54.0. The maximum absolute atomic E-state index is 14.4. The van der Waals surface area contributed by atoms with Gasteiger partial charge in [-0.15, -0.1) is 0 Å². The molecule has 0 saturated carbocycles. The van der Waals surface area contributed by atoms with Gasteiger partial charge in [-0.2, -0.15) is 62.7 Å². The van der Waals surface area contributed by atoms with Gasteiger partial charge in [0.05, 0.1) is 5.52 Å². The van der Waals surface area contributed by atoms with Crippen LogP contribution in [-0.4, -0.2) is 49.3 Å². The summed E-state index contributed by atoms with van der Waals surface area (Å²) < 4.78 is 186. The molecule has 0 radical (unpaired) electrons. The average Bonchev–Trinajstić information content (AvgIpc) is 3.26. The number of carbonyl (C=O) groups excluding carboxylic acids is 2. The summed E-state index contributed by atoms with van der Waals surface area (Å²) in [5.41, 5.74) is -10.5. The Bertz CT molecular complexity index is 3010. The Morgan fingerprint density at radius 2 is 0.958 bits per heavy atom. The molecule has 0 aliphatic carbocycles. The van der Waals surface area contributed by atoms with Gasteiger partial charge >= 0.3 is 36.0 Å². The van der Waals surface area contributed by atoms with Gasteiger partial charge in [-0.25, -0.2) is 19.0 Å². The van der Waals surface area contributed by atoms with Crippen LogP contribution in [0.1, 0.15) is 70.9 Å². The van der Waals surface area contributed by atoms with Crippen molar-refractivity contribution in [2.75, 3.05) is 0 Å². The molecule has 0 aliphatic heterocycles. The topological polar surface area (TPSA) is 122 Å². The molecule has 0 spiro atoms. The van der Waals surface area contributed by atoms with Crippen LogP contribution in [0.2, 0.25) is 19.6 Å². The first-order valence-corrected chi connectivity index (χ1v) is 24.2. The van der Waals surface area contributed by atoms with Crippen LogP contribution in [0, 0.1) is 55.2 Å². The van der Waals surface area contributed by atoms with Gasteiger partial charge in [0.15, 0.2) is 25.8 Å². The number of aromatic nitrogens is 2. The van der Waals surface area contributed by atoms with Crippen LogP contribution in [0.5, 0.6) is 0 Å². The summed E-state index contributed by atoms with van der Waals surface area (Å²) in [5.74, 6) is -0.913. The van der Waals surface area contributed by atoms with E-state index < -0.39 is 66.8 Å². The number of pyridine rings is 2. The van der Waals surface area contributed by atoms with E-state index >= 15 is 0 Å². The van der Waals surface area contributed by atoms with Crippen molar-refractivity contribution in [2.24, 2.45) is 0 Å². The number of nitrogens with zero attached hydrogens (tertiary/aromatic N) is 4. The molecule has 0 bridgehead atoms. The molecular weight excluding hydrogens is 987 g/mol. The van der Waals surface area contributed by atoms with Gasteiger partial charge in [-0.05, 0) is 110 Å². The highest BCUT2D eigenvalue weighted by atomic mass is 28.3. The van der Waals surface area contributed by atoms with Gasteiger partial charge in [0.2, 0.25) is 5.52 Å². The van der Waals surface area contributed by atoms with Crippen LogP contribution in [0.25, 0.3) is 21.8 Å². The number of halogens is 14. The predicted molar refractivity (Wildman–Crippen MR) is 236 cm³/mol. The Hall–Kier alpha value is -6.94. The van der Waals surface area contributed by atoms with Crippen LogP contribution in [0.4, 0.5) is 61.5 Å². The lowest BCUT2D eigenvalue weighted by Crippen LogP contribution is -2.50. The normalized spacial score (nSPS) is 12.5. The van der Waals surface area contributed by atoms with Crippen LogP contribution < -0.4 is 4.73 Å². The second-order valence-corrected chi connectivity index (χ2v) is 22.1. The molecule has 2 aromatic heterocycles. The summed E-state index contributed by atoms with van der Waals surface area (Å²) in [6.45, 7) is 10.9. The van der Waals surface area contributed by atoms with E-state index in [1.54, 1.807) is 12.1 Å². The van der Waals surface area contributed by atoms with Crippen molar-refractivity contribution < 1.29 is 75.8 Å². The lowest BCUT2D eigenvalue weighted by atomic mass is 9.87. The van der Waals surface area contributed by atoms with Gasteiger partial charge in [0, 0.05) is 63.7 Å². The Balaban J connectivity index is 0.000000277. The molecule has 0 N–H and O–H groups in total. The number of benzene rings is 4. The smallest absolute Gasteiger partial charge is 0.435 e. The standard InChI is InChI=1S/C23H15F7N2O.C22H16F7NO2.C4H9NSi/c1-12-7-16(21(24,22(25,26)27)23(28,29)30)8-13(2)18(12)10-20(33)15-4-6-19-14(9-15)3-5-17(11-31)32-19;1-12-8-16(20(23,21(24,25)26)22(27,28)29)9-13(2)17(12)11-19(31)15-5-6-18-14(10-15)4-3-7-30(18)32;1-6(2,3)4-5/h3-9H,10H2,1-2H3;3-10H,11H2,1-2H3;1-3H3. The van der Waals surface area contributed by atoms with E-state index in [-0.39, 0.29) is 63.0 Å². The maximum Gasteiger partial charge on any atom is 0.435 e. The first-order valence-electron chi connectivity index (χ1n) is 20.7. The van der Waals surface area contributed by atoms with Crippen molar-refractivity contribution in [3.63, 3.8) is 0 Å². The lowest BCUT2D eigenvalue weighted by molar-refractivity contribution is -0.577. The molecule has 0 aliphatic rings. The van der Waals surface area contributed by atoms with Crippen LogP contribution >= 0.6 is 0 Å². The minimum Gasteiger partial charge on any atom is -0.618 e. The molecule has 4 aromatic carbocycles. The Labute approximate surface area is 397 Å². The number of alkyl halides is 14. The zero-order valence-electron chi connectivity index (χ0n) is 38.4. The first kappa shape index (κ1) is 56.6. The fraction of sp³-hybridized carbons (Fsp3) is 0.306. The Morgan fingerprint density at radius 3 is 1.32 bits per heavy atom. The Morgan fingerprint density at radius 1 is 0.577 bits per heavy atom. The number of hydrogen-bond acceptors (Lipinski definition) is 6. The molecule has 0 saturated heterocycles. The third-order valence-corrected chi connectivity index (χ3v) is 11.6. The maximum atomic E-state index is 14.4. The third-order valence-electron chi connectivity index (χ3n) is 11.0. The van der Waals surface area contributed by atoms with Crippen LogP contribution in [-0.2, 0) is 24.2 Å². The summed E-state index contributed by atoms with van der Waals surface area (Å²) >= 11 is 0. The largest absolute Gasteiger partial charge is 0.618 e. The van der Waals surface area contributed by atoms with Crippen molar-refractivity contribution in [2.45, 2.75) is 96.2 Å². The van der Waals surface area contributed by atoms with E-state index in [0.29, 0.717) is 50.8 Å². The van der Waals surface area contributed by atoms with Crippen molar-refractivity contribution in [3.05, 3.63) is 158 Å². The second kappa shape index (κ2) is 20.4. The van der Waals surface area contributed by atoms with Crippen LogP contribution in [0.15, 0.2) is 91.1 Å². The van der Waals surface area contributed by atoms with Gasteiger partial charge in [-0.3, -0.25) is 9.59 Å². The summed E-state index contributed by atoms with van der Waals surface area (Å²) in [7, 11) is -1.33. The zero-order valence-corrected chi connectivity index (χ0v) is 39.4. The average molecular weight is 1030 g/mol. The van der Waals surface area contributed by atoms with Crippen molar-refractivity contribution in [1.82, 2.24) is 4.98 Å². The second-order valence-electron chi connectivity index (χ2n) is 17.4. The molecule has 0 amide bonds. The van der Waals surface area contributed by atoms with Gasteiger partial charge in [-0.1, -0.05) is 43.9 Å². The van der Waals surface area contributed by atoms with Crippen molar-refractivity contribution in [1.29, 1.82) is 10.5 Å². The highest BCUT2D eigenvalue weighted by molar-refractivity contribution is 6.83. The minimum atomic E-state index is -6.22. The minimum absolute atomic E-state index is 0.0741. The number of fused-ring (bicyclic) bond motifs is 2. The van der Waals surface area contributed by atoms with E-state index in [9.17, 15) is 76.3 Å². The lowest BCUT2D eigenvalue weighted by Gasteiger charge is -2.31. The first-order chi connectivity index (χ1) is 32.4. The molecule has 6 aromatic rings. The fourth-order valence-electron chi connectivity index (χ4n) is 7.17. The Kier molecular flexibility index (Phi) is 16.3. The summed E-state index contributed by atoms with van der Waals surface area (Å²) in [5, 5.41) is 29.9. The van der Waals surface area contributed by atoms with Crippen molar-refractivity contribution >= 4 is 41.4 Å². The molecule has 71 heavy (non-hydrogen) atoms. The monoisotopic (exact) mass is 1030 g/mol. The number of rotatable bonds is 8. The SMILES string of the molecule is C[Si](C)(C)C#N.Cc1cc(C(F)(C(F)(F)F)C(F)(F)F)cc(C)c1CC(=O)c1ccc2c(ccc[n+]2[O-])c1.Cc1cc(C(F)(C(F)(F)F)C(F)(F)F)cc(C)c1CC(=O)c1ccc2nc(C#N)ccc2c1. The number of carbonyl (C=O) groups is 2. The summed E-state index contributed by atoms with van der Waals surface area (Å²) in [4.78, 5) is 29.6. The third kappa shape index (κ3) is 12.2. The predicted octanol–water partition coefficient (Wildman–Crippen LogP) is 13.6. The van der Waals surface area contributed by atoms with Gasteiger partial charge < -0.3 is 5.21 Å². The highest BCUT2D eigenvalue weighted by Gasteiger charge is 2.74. The van der Waals surface area contributed by atoms with Gasteiger partial charge in [0.25, 0.3) is 0 Å². The number of aryl methyl sites for hydroxylation is 4. The van der Waals surface area contributed by atoms with Crippen molar-refractivity contribution in [3.8, 4) is 11.8 Å². The fourth-order valence-corrected chi connectivity index (χ4v) is 7.17. The molecular formula is C49H40F14N4O3Si. The van der Waals surface area contributed by atoms with E-state index in [2.05, 4.69) is 10.7 Å². The molecule has 6 rings (SSSR count). The summed E-state index contributed by atoms with van der Waals surface area (Å²) in [6.07, 6.45) is -24.2. The molecule has 22 heteroatoms. The highest BCUT2D eigenvalue weighted by Crippen LogP contribution is 2.55. The molecule has 0 fully saturated rings. The molecule has 7 nitrogen and oxygen atoms in total. The number of ketones is 2. The molecule has 0 unspecified atom stereocenters.